The van der Waals surface area contributed by atoms with Crippen molar-refractivity contribution in [2.75, 3.05) is 40.9 Å². The maximum Gasteiger partial charge on any atom is 0.128 e. The van der Waals surface area contributed by atoms with E-state index in [-0.39, 0.29) is 0 Å². The Morgan fingerprint density at radius 2 is 1.89 bits per heavy atom. The predicted octanol–water partition coefficient (Wildman–Crippen LogP) is 1.45. The van der Waals surface area contributed by atoms with E-state index in [0.717, 1.165) is 36.6 Å². The van der Waals surface area contributed by atoms with Crippen LogP contribution in [0.4, 0.5) is 0 Å². The Morgan fingerprint density at radius 3 is 2.44 bits per heavy atom. The molecule has 0 bridgehead atoms. The summed E-state index contributed by atoms with van der Waals surface area (Å²) in [5, 5.41) is 0. The molecule has 1 aromatic rings. The highest BCUT2D eigenvalue weighted by atomic mass is 16.5. The van der Waals surface area contributed by atoms with Crippen LogP contribution in [-0.2, 0) is 6.42 Å². The summed E-state index contributed by atoms with van der Waals surface area (Å²) in [5.74, 6) is 1.79. The van der Waals surface area contributed by atoms with E-state index < -0.39 is 0 Å². The largest absolute Gasteiger partial charge is 0.496 e. The summed E-state index contributed by atoms with van der Waals surface area (Å²) in [7, 11) is 5.46. The number of methoxy groups -OCH3 is 2. The molecule has 0 aliphatic rings. The van der Waals surface area contributed by atoms with Crippen molar-refractivity contribution < 1.29 is 9.47 Å². The third kappa shape index (κ3) is 3.62. The van der Waals surface area contributed by atoms with Gasteiger partial charge in [-0.2, -0.15) is 0 Å². The first-order valence-electron chi connectivity index (χ1n) is 6.23. The van der Waals surface area contributed by atoms with Crippen molar-refractivity contribution in [3.05, 3.63) is 23.3 Å². The molecule has 1 rings (SSSR count). The number of nitrogens with zero attached hydrogens (tertiary/aromatic N) is 1. The van der Waals surface area contributed by atoms with Gasteiger partial charge in [-0.1, -0.05) is 6.07 Å². The van der Waals surface area contributed by atoms with Crippen molar-refractivity contribution in [3.8, 4) is 11.5 Å². The van der Waals surface area contributed by atoms with Gasteiger partial charge < -0.3 is 20.1 Å². The second kappa shape index (κ2) is 7.24. The van der Waals surface area contributed by atoms with Gasteiger partial charge in [0, 0.05) is 25.2 Å². The Balaban J connectivity index is 2.79. The Labute approximate surface area is 110 Å². The van der Waals surface area contributed by atoms with Crippen molar-refractivity contribution in [2.45, 2.75) is 13.3 Å². The number of rotatable bonds is 7. The second-order valence-electron chi connectivity index (χ2n) is 4.43. The highest BCUT2D eigenvalue weighted by Crippen LogP contribution is 2.31. The summed E-state index contributed by atoms with van der Waals surface area (Å²) in [6.07, 6.45) is 0.949. The Morgan fingerprint density at radius 1 is 1.17 bits per heavy atom. The van der Waals surface area contributed by atoms with E-state index in [9.17, 15) is 0 Å². The first-order valence-corrected chi connectivity index (χ1v) is 6.23. The molecule has 0 aliphatic heterocycles. The second-order valence-corrected chi connectivity index (χ2v) is 4.43. The van der Waals surface area contributed by atoms with Gasteiger partial charge in [-0.3, -0.25) is 0 Å². The molecule has 2 N–H and O–H groups in total. The summed E-state index contributed by atoms with van der Waals surface area (Å²) >= 11 is 0. The van der Waals surface area contributed by atoms with Crippen LogP contribution in [0, 0.1) is 6.92 Å². The van der Waals surface area contributed by atoms with E-state index in [4.69, 9.17) is 15.2 Å². The lowest BCUT2D eigenvalue weighted by molar-refractivity contribution is 0.342. The van der Waals surface area contributed by atoms with E-state index in [2.05, 4.69) is 18.0 Å². The van der Waals surface area contributed by atoms with Gasteiger partial charge in [-0.15, -0.1) is 0 Å². The zero-order valence-electron chi connectivity index (χ0n) is 11.8. The van der Waals surface area contributed by atoms with Crippen LogP contribution in [0.2, 0.25) is 0 Å². The number of nitrogens with two attached hydrogens (primary N) is 1. The van der Waals surface area contributed by atoms with Crippen LogP contribution in [0.25, 0.3) is 0 Å². The molecule has 0 atom stereocenters. The quantitative estimate of drug-likeness (QED) is 0.798. The third-order valence-electron chi connectivity index (χ3n) is 3.14. The lowest BCUT2D eigenvalue weighted by atomic mass is 10.1. The molecule has 0 unspecified atom stereocenters. The van der Waals surface area contributed by atoms with E-state index in [1.807, 2.05) is 13.0 Å². The molecule has 0 heterocycles. The zero-order chi connectivity index (χ0) is 13.5. The average Bonchev–Trinajstić information content (AvgIpc) is 2.36. The van der Waals surface area contributed by atoms with Gasteiger partial charge in [0.15, 0.2) is 0 Å². The molecular weight excluding hydrogens is 228 g/mol. The molecule has 1 aromatic carbocycles. The van der Waals surface area contributed by atoms with E-state index in [1.54, 1.807) is 14.2 Å². The summed E-state index contributed by atoms with van der Waals surface area (Å²) in [6, 6.07) is 4.07. The molecule has 0 saturated carbocycles. The number of likely N-dealkylation sites (N-methyl/N-ethyl adjacent to an activating group) is 1. The normalized spacial score (nSPS) is 10.8. The Kier molecular flexibility index (Phi) is 5.95. The molecule has 0 radical (unpaired) electrons. The molecule has 18 heavy (non-hydrogen) atoms. The van der Waals surface area contributed by atoms with Gasteiger partial charge in [0.05, 0.1) is 14.2 Å². The first-order chi connectivity index (χ1) is 8.63. The summed E-state index contributed by atoms with van der Waals surface area (Å²) in [4.78, 5) is 2.22. The summed E-state index contributed by atoms with van der Waals surface area (Å²) in [6.45, 7) is 4.59. The highest BCUT2D eigenvalue weighted by molar-refractivity contribution is 5.49. The lowest BCUT2D eigenvalue weighted by Gasteiger charge is -2.18. The first kappa shape index (κ1) is 14.8. The lowest BCUT2D eigenvalue weighted by Crippen LogP contribution is -2.27. The van der Waals surface area contributed by atoms with Gasteiger partial charge in [0.2, 0.25) is 0 Å². The minimum atomic E-state index is 0.690. The maximum atomic E-state index is 5.53. The smallest absolute Gasteiger partial charge is 0.128 e. The standard InChI is InChI=1S/C14H24N2O2/c1-11-13(17-3)6-5-12(14(11)18-4)7-9-16(2)10-8-15/h5-6H,7-10,15H2,1-4H3. The predicted molar refractivity (Wildman–Crippen MR) is 74.5 cm³/mol. The van der Waals surface area contributed by atoms with Crippen LogP contribution in [0.3, 0.4) is 0 Å². The highest BCUT2D eigenvalue weighted by Gasteiger charge is 2.11. The van der Waals surface area contributed by atoms with Gasteiger partial charge in [-0.05, 0) is 32.0 Å². The van der Waals surface area contributed by atoms with Crippen LogP contribution in [0.15, 0.2) is 12.1 Å². The Hall–Kier alpha value is -1.26. The number of benzene rings is 1. The zero-order valence-corrected chi connectivity index (χ0v) is 11.8. The molecule has 0 spiro atoms. The van der Waals surface area contributed by atoms with Gasteiger partial charge in [0.1, 0.15) is 11.5 Å². The van der Waals surface area contributed by atoms with E-state index >= 15 is 0 Å². The monoisotopic (exact) mass is 252 g/mol. The van der Waals surface area contributed by atoms with Gasteiger partial charge in [-0.25, -0.2) is 0 Å². The SMILES string of the molecule is COc1ccc(CCN(C)CCN)c(OC)c1C. The van der Waals surface area contributed by atoms with Crippen LogP contribution in [-0.4, -0.2) is 45.8 Å². The van der Waals surface area contributed by atoms with Crippen LogP contribution in [0.1, 0.15) is 11.1 Å². The summed E-state index contributed by atoms with van der Waals surface area (Å²) in [5.41, 5.74) is 7.80. The van der Waals surface area contributed by atoms with E-state index in [1.165, 1.54) is 5.56 Å². The van der Waals surface area contributed by atoms with Crippen LogP contribution < -0.4 is 15.2 Å². The van der Waals surface area contributed by atoms with Crippen LogP contribution in [0.5, 0.6) is 11.5 Å². The fraction of sp³-hybridized carbons (Fsp3) is 0.571. The van der Waals surface area contributed by atoms with Gasteiger partial charge >= 0.3 is 0 Å². The molecule has 0 amide bonds. The molecule has 4 nitrogen and oxygen atoms in total. The van der Waals surface area contributed by atoms with Crippen molar-refractivity contribution in [1.29, 1.82) is 0 Å². The fourth-order valence-electron chi connectivity index (χ4n) is 2.08. The molecule has 102 valence electrons. The molecule has 0 aliphatic carbocycles. The minimum absolute atomic E-state index is 0.690. The van der Waals surface area contributed by atoms with Crippen LogP contribution >= 0.6 is 0 Å². The maximum absolute atomic E-state index is 5.53. The summed E-state index contributed by atoms with van der Waals surface area (Å²) < 4.78 is 10.8. The molecule has 4 heteroatoms. The number of ether oxygens (including phenoxy) is 2. The fourth-order valence-corrected chi connectivity index (χ4v) is 2.08. The van der Waals surface area contributed by atoms with Crippen molar-refractivity contribution in [1.82, 2.24) is 4.90 Å². The van der Waals surface area contributed by atoms with Gasteiger partial charge in [0.25, 0.3) is 0 Å². The van der Waals surface area contributed by atoms with E-state index in [0.29, 0.717) is 6.54 Å². The average molecular weight is 252 g/mol. The number of hydrogen-bond donors (Lipinski definition) is 1. The molecular formula is C14H24N2O2. The molecule has 0 fully saturated rings. The Bertz CT molecular complexity index is 380. The number of hydrogen-bond acceptors (Lipinski definition) is 4. The topological polar surface area (TPSA) is 47.7 Å². The molecule has 0 aromatic heterocycles. The van der Waals surface area contributed by atoms with Crippen molar-refractivity contribution in [2.24, 2.45) is 5.73 Å². The van der Waals surface area contributed by atoms with Crippen molar-refractivity contribution in [3.63, 3.8) is 0 Å². The molecule has 0 saturated heterocycles. The minimum Gasteiger partial charge on any atom is -0.496 e. The third-order valence-corrected chi connectivity index (χ3v) is 3.14. The van der Waals surface area contributed by atoms with Crippen molar-refractivity contribution >= 4 is 0 Å².